The van der Waals surface area contributed by atoms with Crippen molar-refractivity contribution in [1.29, 1.82) is 0 Å². The highest BCUT2D eigenvalue weighted by atomic mass is 127. The van der Waals surface area contributed by atoms with Gasteiger partial charge in [-0.3, -0.25) is 0 Å². The molecule has 3 heteroatoms. The van der Waals surface area contributed by atoms with Crippen molar-refractivity contribution in [3.63, 3.8) is 0 Å². The predicted molar refractivity (Wildman–Crippen MR) is 63.2 cm³/mol. The van der Waals surface area contributed by atoms with Crippen molar-refractivity contribution in [2.24, 2.45) is 0 Å². The van der Waals surface area contributed by atoms with E-state index in [4.69, 9.17) is 3.07 Å². The second kappa shape index (κ2) is 4.49. The number of hydrogen-bond acceptors (Lipinski definition) is 1. The van der Waals surface area contributed by atoms with E-state index in [9.17, 15) is 0 Å². The summed E-state index contributed by atoms with van der Waals surface area (Å²) in [5, 5.41) is 0. The van der Waals surface area contributed by atoms with Crippen LogP contribution in [0, 0.1) is 3.57 Å². The van der Waals surface area contributed by atoms with Crippen molar-refractivity contribution >= 4 is 45.6 Å². The molecule has 0 saturated carbocycles. The molecule has 60 valence electrons. The van der Waals surface area contributed by atoms with E-state index in [1.165, 1.54) is 9.13 Å². The van der Waals surface area contributed by atoms with Crippen LogP contribution in [-0.4, -0.2) is 0 Å². The summed E-state index contributed by atoms with van der Waals surface area (Å²) in [5.74, 6) is 0.980. The highest BCUT2D eigenvalue weighted by molar-refractivity contribution is 14.1. The molecule has 0 amide bonds. The lowest BCUT2D eigenvalue weighted by atomic mass is 10.1. The molecule has 0 radical (unpaired) electrons. The van der Waals surface area contributed by atoms with Gasteiger partial charge < -0.3 is 3.07 Å². The second-order valence-corrected chi connectivity index (χ2v) is 3.87. The zero-order chi connectivity index (χ0) is 8.27. The normalized spacial score (nSPS) is 9.73. The van der Waals surface area contributed by atoms with Crippen LogP contribution in [0.2, 0.25) is 0 Å². The smallest absolute Gasteiger partial charge is 0.192 e. The molecule has 0 aromatic heterocycles. The molecule has 1 aromatic rings. The fourth-order valence-corrected chi connectivity index (χ4v) is 1.88. The molecular formula is C8H8I2O. The first-order chi connectivity index (χ1) is 5.27. The molecule has 0 spiro atoms. The van der Waals surface area contributed by atoms with E-state index in [0.717, 1.165) is 12.2 Å². The minimum atomic E-state index is 0.980. The molecule has 0 aliphatic carbocycles. The number of hydrogen-bond donors (Lipinski definition) is 0. The standard InChI is InChI=1S/C8H8I2O/c1-2-6-5-7(9)3-4-8(6)11-10/h3-5H,2H2,1H3. The Hall–Kier alpha value is 0.480. The minimum absolute atomic E-state index is 0.980. The van der Waals surface area contributed by atoms with Gasteiger partial charge in [-0.05, 0) is 52.8 Å². The Morgan fingerprint density at radius 3 is 2.73 bits per heavy atom. The van der Waals surface area contributed by atoms with Crippen molar-refractivity contribution in [3.8, 4) is 5.75 Å². The Morgan fingerprint density at radius 1 is 1.45 bits per heavy atom. The van der Waals surface area contributed by atoms with E-state index in [2.05, 4.69) is 35.6 Å². The van der Waals surface area contributed by atoms with Crippen LogP contribution in [0.1, 0.15) is 12.5 Å². The number of halogens is 2. The number of benzene rings is 1. The van der Waals surface area contributed by atoms with Crippen LogP contribution in [0.15, 0.2) is 18.2 Å². The van der Waals surface area contributed by atoms with Gasteiger partial charge in [-0.2, -0.15) is 0 Å². The molecule has 0 aliphatic rings. The monoisotopic (exact) mass is 374 g/mol. The lowest BCUT2D eigenvalue weighted by molar-refractivity contribution is 0.702. The van der Waals surface area contributed by atoms with E-state index in [1.807, 2.05) is 35.1 Å². The first kappa shape index (κ1) is 9.57. The third-order valence-electron chi connectivity index (χ3n) is 1.49. The summed E-state index contributed by atoms with van der Waals surface area (Å²) >= 11 is 4.22. The van der Waals surface area contributed by atoms with Crippen LogP contribution in [0.25, 0.3) is 0 Å². The Bertz CT molecular complexity index is 248. The van der Waals surface area contributed by atoms with Crippen LogP contribution < -0.4 is 3.07 Å². The second-order valence-electron chi connectivity index (χ2n) is 2.18. The van der Waals surface area contributed by atoms with Gasteiger partial charge in [0, 0.05) is 3.57 Å². The molecule has 0 N–H and O–H groups in total. The van der Waals surface area contributed by atoms with Crippen molar-refractivity contribution < 1.29 is 3.07 Å². The topological polar surface area (TPSA) is 9.23 Å². The molecule has 0 unspecified atom stereocenters. The third kappa shape index (κ3) is 2.47. The van der Waals surface area contributed by atoms with Gasteiger partial charge in [-0.1, -0.05) is 6.92 Å². The summed E-state index contributed by atoms with van der Waals surface area (Å²) in [4.78, 5) is 0. The molecule has 0 saturated heterocycles. The highest BCUT2D eigenvalue weighted by Gasteiger charge is 2.00. The molecule has 1 aromatic carbocycles. The molecule has 1 rings (SSSR count). The van der Waals surface area contributed by atoms with Gasteiger partial charge in [-0.25, -0.2) is 0 Å². The molecule has 0 aliphatic heterocycles. The largest absolute Gasteiger partial charge is 0.427 e. The molecule has 1 nitrogen and oxygen atoms in total. The Morgan fingerprint density at radius 2 is 2.18 bits per heavy atom. The predicted octanol–water partition coefficient (Wildman–Crippen LogP) is 3.58. The van der Waals surface area contributed by atoms with Crippen LogP contribution in [0.5, 0.6) is 5.75 Å². The van der Waals surface area contributed by atoms with Gasteiger partial charge in [0.25, 0.3) is 0 Å². The number of aryl methyl sites for hydroxylation is 1. The van der Waals surface area contributed by atoms with Crippen molar-refractivity contribution in [1.82, 2.24) is 0 Å². The van der Waals surface area contributed by atoms with Gasteiger partial charge in [0.2, 0.25) is 0 Å². The maximum absolute atomic E-state index is 5.16. The highest BCUT2D eigenvalue weighted by Crippen LogP contribution is 2.23. The van der Waals surface area contributed by atoms with Crippen LogP contribution in [-0.2, 0) is 6.42 Å². The van der Waals surface area contributed by atoms with Gasteiger partial charge in [0.15, 0.2) is 23.0 Å². The van der Waals surface area contributed by atoms with E-state index < -0.39 is 0 Å². The maximum Gasteiger partial charge on any atom is 0.192 e. The number of rotatable bonds is 2. The summed E-state index contributed by atoms with van der Waals surface area (Å²) in [5.41, 5.74) is 1.27. The summed E-state index contributed by atoms with van der Waals surface area (Å²) in [7, 11) is 0. The zero-order valence-electron chi connectivity index (χ0n) is 6.10. The average molecular weight is 374 g/mol. The summed E-state index contributed by atoms with van der Waals surface area (Å²) in [6.07, 6.45) is 1.02. The molecule has 0 atom stereocenters. The van der Waals surface area contributed by atoms with Crippen molar-refractivity contribution in [2.45, 2.75) is 13.3 Å². The van der Waals surface area contributed by atoms with Gasteiger partial charge in [0.1, 0.15) is 5.75 Å². The molecule has 0 fully saturated rings. The minimum Gasteiger partial charge on any atom is -0.427 e. The van der Waals surface area contributed by atoms with Crippen molar-refractivity contribution in [3.05, 3.63) is 27.3 Å². The quantitative estimate of drug-likeness (QED) is 0.720. The maximum atomic E-state index is 5.16. The first-order valence-corrected chi connectivity index (χ1v) is 5.31. The SMILES string of the molecule is CCc1cc(I)ccc1OI. The summed E-state index contributed by atoms with van der Waals surface area (Å²) < 4.78 is 6.42. The summed E-state index contributed by atoms with van der Waals surface area (Å²) in [6, 6.07) is 6.20. The molecular weight excluding hydrogens is 366 g/mol. The molecule has 0 heterocycles. The van der Waals surface area contributed by atoms with Crippen LogP contribution in [0.4, 0.5) is 0 Å². The fourth-order valence-electron chi connectivity index (χ4n) is 0.900. The molecule has 0 bridgehead atoms. The van der Waals surface area contributed by atoms with E-state index in [-0.39, 0.29) is 0 Å². The Balaban J connectivity index is 3.06. The van der Waals surface area contributed by atoms with Gasteiger partial charge in [0.05, 0.1) is 0 Å². The first-order valence-electron chi connectivity index (χ1n) is 3.35. The Kier molecular flexibility index (Phi) is 3.91. The van der Waals surface area contributed by atoms with E-state index in [0.29, 0.717) is 0 Å². The van der Waals surface area contributed by atoms with Crippen molar-refractivity contribution in [2.75, 3.05) is 0 Å². The summed E-state index contributed by atoms with van der Waals surface area (Å²) in [6.45, 7) is 2.13. The Labute approximate surface area is 94.4 Å². The lowest BCUT2D eigenvalue weighted by Crippen LogP contribution is -1.86. The zero-order valence-corrected chi connectivity index (χ0v) is 10.4. The third-order valence-corrected chi connectivity index (χ3v) is 2.63. The fraction of sp³-hybridized carbons (Fsp3) is 0.250. The molecule has 11 heavy (non-hydrogen) atoms. The van der Waals surface area contributed by atoms with Gasteiger partial charge >= 0.3 is 0 Å². The lowest BCUT2D eigenvalue weighted by Gasteiger charge is -2.03. The average Bonchev–Trinajstić information content (AvgIpc) is 2.04. The van der Waals surface area contributed by atoms with Crippen LogP contribution >= 0.6 is 45.6 Å². The van der Waals surface area contributed by atoms with E-state index in [1.54, 1.807) is 0 Å². The van der Waals surface area contributed by atoms with E-state index >= 15 is 0 Å². The van der Waals surface area contributed by atoms with Gasteiger partial charge in [-0.15, -0.1) is 0 Å². The van der Waals surface area contributed by atoms with Crippen LogP contribution in [0.3, 0.4) is 0 Å².